The largest absolute Gasteiger partial charge is 0.340 e. The number of ketones is 1. The van der Waals surface area contributed by atoms with E-state index in [0.29, 0.717) is 25.1 Å². The third-order valence-electron chi connectivity index (χ3n) is 5.92. The Morgan fingerprint density at radius 2 is 1.94 bits per heavy atom. The van der Waals surface area contributed by atoms with Crippen molar-refractivity contribution in [1.82, 2.24) is 9.88 Å². The molecule has 4 rings (SSSR count). The summed E-state index contributed by atoms with van der Waals surface area (Å²) in [4.78, 5) is 38.6. The van der Waals surface area contributed by atoms with E-state index in [4.69, 9.17) is 11.6 Å². The summed E-state index contributed by atoms with van der Waals surface area (Å²) in [6.07, 6.45) is -0.659. The van der Waals surface area contributed by atoms with Gasteiger partial charge in [0.1, 0.15) is 17.1 Å². The van der Waals surface area contributed by atoms with E-state index in [0.717, 1.165) is 6.07 Å². The van der Waals surface area contributed by atoms with Gasteiger partial charge in [0.2, 0.25) is 0 Å². The monoisotopic (exact) mass is 478 g/mol. The SMILES string of the molecule is Cc1c(C(=O)C(=O)NC2(C#N)CC(F)(F)C2)c2n(c1C(=O)Nc1ccc(F)c(Cl)c1)CCC2. The molecule has 1 aromatic heterocycles. The van der Waals surface area contributed by atoms with Crippen molar-refractivity contribution in [3.05, 3.63) is 51.6 Å². The Morgan fingerprint density at radius 3 is 2.55 bits per heavy atom. The summed E-state index contributed by atoms with van der Waals surface area (Å²) in [5.41, 5.74) is -0.641. The quantitative estimate of drug-likeness (QED) is 0.504. The van der Waals surface area contributed by atoms with Crippen molar-refractivity contribution in [1.29, 1.82) is 5.26 Å². The van der Waals surface area contributed by atoms with Crippen molar-refractivity contribution in [2.75, 3.05) is 5.32 Å². The molecule has 0 unspecified atom stereocenters. The number of halogens is 4. The Kier molecular flexibility index (Phi) is 5.48. The minimum atomic E-state index is -3.08. The van der Waals surface area contributed by atoms with Crippen LogP contribution in [0.2, 0.25) is 5.02 Å². The molecule has 1 fully saturated rings. The lowest BCUT2D eigenvalue weighted by molar-refractivity contribution is -0.134. The molecule has 1 aliphatic heterocycles. The molecule has 0 radical (unpaired) electrons. The molecule has 2 N–H and O–H groups in total. The van der Waals surface area contributed by atoms with Gasteiger partial charge in [0, 0.05) is 30.8 Å². The summed E-state index contributed by atoms with van der Waals surface area (Å²) < 4.78 is 41.6. The van der Waals surface area contributed by atoms with Crippen LogP contribution >= 0.6 is 11.6 Å². The highest BCUT2D eigenvalue weighted by Crippen LogP contribution is 2.45. The third kappa shape index (κ3) is 3.97. The summed E-state index contributed by atoms with van der Waals surface area (Å²) in [6, 6.07) is 5.34. The zero-order valence-electron chi connectivity index (χ0n) is 17.4. The second-order valence-electron chi connectivity index (χ2n) is 8.32. The van der Waals surface area contributed by atoms with Gasteiger partial charge in [-0.05, 0) is 43.5 Å². The molecule has 2 amide bonds. The second kappa shape index (κ2) is 7.92. The second-order valence-corrected chi connectivity index (χ2v) is 8.73. The number of nitrogens with one attached hydrogen (secondary N) is 2. The Morgan fingerprint density at radius 1 is 1.24 bits per heavy atom. The van der Waals surface area contributed by atoms with E-state index in [-0.39, 0.29) is 27.5 Å². The molecule has 1 aliphatic carbocycles. The molecule has 0 bridgehead atoms. The fourth-order valence-corrected chi connectivity index (χ4v) is 4.67. The molecule has 2 aliphatic rings. The van der Waals surface area contributed by atoms with Gasteiger partial charge in [0.05, 0.1) is 16.7 Å². The van der Waals surface area contributed by atoms with Gasteiger partial charge in [-0.2, -0.15) is 5.26 Å². The average molecular weight is 479 g/mol. The van der Waals surface area contributed by atoms with Crippen molar-refractivity contribution in [3.63, 3.8) is 0 Å². The fourth-order valence-electron chi connectivity index (χ4n) is 4.49. The minimum Gasteiger partial charge on any atom is -0.340 e. The first-order valence-corrected chi connectivity index (χ1v) is 10.5. The van der Waals surface area contributed by atoms with Gasteiger partial charge in [0.15, 0.2) is 0 Å². The molecule has 33 heavy (non-hydrogen) atoms. The first-order chi connectivity index (χ1) is 15.5. The van der Waals surface area contributed by atoms with Gasteiger partial charge >= 0.3 is 0 Å². The number of hydrogen-bond acceptors (Lipinski definition) is 4. The standard InChI is InChI=1S/C22H18ClF3N4O3/c1-11-16(18(31)20(33)29-21(10-27)8-22(25,26)9-21)15-3-2-6-30(15)17(11)19(32)28-12-4-5-14(24)13(23)7-12/h4-5,7H,2-3,6,8-9H2,1H3,(H,28,32)(H,29,33). The van der Waals surface area contributed by atoms with E-state index >= 15 is 0 Å². The van der Waals surface area contributed by atoms with Crippen LogP contribution in [-0.2, 0) is 17.8 Å². The van der Waals surface area contributed by atoms with Crippen LogP contribution < -0.4 is 10.6 Å². The maximum Gasteiger partial charge on any atom is 0.293 e. The van der Waals surface area contributed by atoms with Crippen LogP contribution in [-0.4, -0.2) is 33.6 Å². The number of rotatable bonds is 5. The number of anilines is 1. The summed E-state index contributed by atoms with van der Waals surface area (Å²) in [5.74, 6) is -6.47. The highest BCUT2D eigenvalue weighted by Gasteiger charge is 2.58. The van der Waals surface area contributed by atoms with Crippen molar-refractivity contribution in [2.24, 2.45) is 0 Å². The maximum absolute atomic E-state index is 13.4. The van der Waals surface area contributed by atoms with Gasteiger partial charge in [-0.1, -0.05) is 11.6 Å². The van der Waals surface area contributed by atoms with Crippen LogP contribution in [0, 0.1) is 24.1 Å². The topological polar surface area (TPSA) is 104 Å². The van der Waals surface area contributed by atoms with E-state index in [9.17, 15) is 32.8 Å². The number of nitrogens with zero attached hydrogens (tertiary/aromatic N) is 2. The van der Waals surface area contributed by atoms with Crippen LogP contribution in [0.4, 0.5) is 18.9 Å². The first kappa shape index (κ1) is 22.9. The number of benzene rings is 1. The Balaban J connectivity index is 1.61. The van der Waals surface area contributed by atoms with E-state index in [1.807, 2.05) is 0 Å². The van der Waals surface area contributed by atoms with Crippen LogP contribution in [0.25, 0.3) is 0 Å². The number of alkyl halides is 2. The normalized spacial score (nSPS) is 17.5. The summed E-state index contributed by atoms with van der Waals surface area (Å²) in [6.45, 7) is 1.95. The van der Waals surface area contributed by atoms with Crippen molar-refractivity contribution >= 4 is 34.9 Å². The molecule has 1 saturated carbocycles. The molecule has 0 atom stereocenters. The van der Waals surface area contributed by atoms with Crippen molar-refractivity contribution in [3.8, 4) is 6.07 Å². The fraction of sp³-hybridized carbons (Fsp3) is 0.364. The molecule has 0 saturated heterocycles. The summed E-state index contributed by atoms with van der Waals surface area (Å²) in [5, 5.41) is 13.8. The molecule has 7 nitrogen and oxygen atoms in total. The van der Waals surface area contributed by atoms with Crippen molar-refractivity contribution in [2.45, 2.75) is 50.6 Å². The Labute approximate surface area is 191 Å². The van der Waals surface area contributed by atoms with Crippen LogP contribution in [0.3, 0.4) is 0 Å². The minimum absolute atomic E-state index is 0.0199. The number of Topliss-reactive ketones (excluding diaryl/α,β-unsaturated/α-hetero) is 1. The Bertz CT molecular complexity index is 1240. The smallest absolute Gasteiger partial charge is 0.293 e. The number of carbonyl (C=O) groups is 3. The number of aromatic nitrogens is 1. The lowest BCUT2D eigenvalue weighted by Crippen LogP contribution is -2.62. The van der Waals surface area contributed by atoms with Crippen LogP contribution in [0.15, 0.2) is 18.2 Å². The predicted molar refractivity (Wildman–Crippen MR) is 112 cm³/mol. The zero-order valence-corrected chi connectivity index (χ0v) is 18.2. The van der Waals surface area contributed by atoms with Gasteiger partial charge in [-0.25, -0.2) is 13.2 Å². The number of amides is 2. The number of fused-ring (bicyclic) bond motifs is 1. The van der Waals surface area contributed by atoms with E-state index < -0.39 is 47.7 Å². The first-order valence-electron chi connectivity index (χ1n) is 10.1. The maximum atomic E-state index is 13.4. The highest BCUT2D eigenvalue weighted by atomic mass is 35.5. The Hall–Kier alpha value is -3.32. The van der Waals surface area contributed by atoms with Crippen LogP contribution in [0.5, 0.6) is 0 Å². The molecule has 2 aromatic rings. The summed E-state index contributed by atoms with van der Waals surface area (Å²) in [7, 11) is 0. The molecule has 2 heterocycles. The molecular formula is C22H18ClF3N4O3. The van der Waals surface area contributed by atoms with E-state index in [1.165, 1.54) is 19.1 Å². The summed E-state index contributed by atoms with van der Waals surface area (Å²) >= 11 is 5.76. The van der Waals surface area contributed by atoms with Gasteiger partial charge in [0.25, 0.3) is 23.5 Å². The number of nitriles is 1. The molecular weight excluding hydrogens is 461 g/mol. The molecule has 1 aromatic carbocycles. The van der Waals surface area contributed by atoms with Crippen molar-refractivity contribution < 1.29 is 27.6 Å². The highest BCUT2D eigenvalue weighted by molar-refractivity contribution is 6.44. The molecule has 0 spiro atoms. The number of carbonyl (C=O) groups excluding carboxylic acids is 3. The number of hydrogen-bond donors (Lipinski definition) is 2. The molecule has 172 valence electrons. The lowest BCUT2D eigenvalue weighted by Gasteiger charge is -2.42. The van der Waals surface area contributed by atoms with Crippen LogP contribution in [0.1, 0.15) is 51.4 Å². The predicted octanol–water partition coefficient (Wildman–Crippen LogP) is 3.78. The van der Waals surface area contributed by atoms with Gasteiger partial charge in [-0.15, -0.1) is 0 Å². The third-order valence-corrected chi connectivity index (χ3v) is 6.21. The van der Waals surface area contributed by atoms with E-state index in [2.05, 4.69) is 10.6 Å². The zero-order chi connectivity index (χ0) is 24.1. The lowest BCUT2D eigenvalue weighted by atomic mass is 9.74. The average Bonchev–Trinajstić information content (AvgIpc) is 3.27. The van der Waals surface area contributed by atoms with Gasteiger partial charge in [-0.3, -0.25) is 14.4 Å². The van der Waals surface area contributed by atoms with E-state index in [1.54, 1.807) is 10.6 Å². The van der Waals surface area contributed by atoms with Gasteiger partial charge < -0.3 is 15.2 Å². The molecule has 11 heteroatoms.